The first-order valence-electron chi connectivity index (χ1n) is 5.31. The van der Waals surface area contributed by atoms with Crippen LogP contribution in [0.15, 0.2) is 42.5 Å². The summed E-state index contributed by atoms with van der Waals surface area (Å²) in [6.07, 6.45) is 0. The molecular formula is C14H8ClNO3. The molecule has 1 N–H and O–H groups in total. The van der Waals surface area contributed by atoms with E-state index in [0.29, 0.717) is 16.5 Å². The Balaban J connectivity index is 2.33. The average molecular weight is 274 g/mol. The van der Waals surface area contributed by atoms with Crippen molar-refractivity contribution < 1.29 is 14.6 Å². The Hall–Kier alpha value is -2.51. The molecule has 0 atom stereocenters. The van der Waals surface area contributed by atoms with Gasteiger partial charge in [0.05, 0.1) is 11.1 Å². The van der Waals surface area contributed by atoms with Crippen LogP contribution in [0.1, 0.15) is 15.9 Å². The van der Waals surface area contributed by atoms with Crippen LogP contribution in [-0.2, 0) is 0 Å². The third-order valence-corrected chi connectivity index (χ3v) is 2.64. The number of ether oxygens (including phenoxy) is 1. The van der Waals surface area contributed by atoms with E-state index in [2.05, 4.69) is 0 Å². The second kappa shape index (κ2) is 5.42. The monoisotopic (exact) mass is 273 g/mol. The number of nitrogens with zero attached hydrogens (tertiary/aromatic N) is 1. The van der Waals surface area contributed by atoms with E-state index in [9.17, 15) is 4.79 Å². The highest BCUT2D eigenvalue weighted by molar-refractivity contribution is 6.30. The van der Waals surface area contributed by atoms with Crippen LogP contribution in [0.25, 0.3) is 0 Å². The first kappa shape index (κ1) is 12.9. The normalized spacial score (nSPS) is 9.68. The molecule has 0 amide bonds. The van der Waals surface area contributed by atoms with E-state index in [1.165, 1.54) is 18.2 Å². The number of benzene rings is 2. The van der Waals surface area contributed by atoms with Crippen LogP contribution in [0.5, 0.6) is 11.5 Å². The molecule has 0 unspecified atom stereocenters. The highest BCUT2D eigenvalue weighted by atomic mass is 35.5. The zero-order valence-corrected chi connectivity index (χ0v) is 10.4. The van der Waals surface area contributed by atoms with E-state index < -0.39 is 5.97 Å². The van der Waals surface area contributed by atoms with Crippen LogP contribution >= 0.6 is 11.6 Å². The smallest absolute Gasteiger partial charge is 0.335 e. The van der Waals surface area contributed by atoms with Crippen molar-refractivity contribution in [3.8, 4) is 17.6 Å². The third-order valence-electron chi connectivity index (χ3n) is 2.39. The maximum Gasteiger partial charge on any atom is 0.335 e. The van der Waals surface area contributed by atoms with Crippen molar-refractivity contribution in [1.82, 2.24) is 0 Å². The molecule has 0 bridgehead atoms. The number of carbonyl (C=O) groups is 1. The molecule has 0 spiro atoms. The molecule has 5 heteroatoms. The van der Waals surface area contributed by atoms with Gasteiger partial charge < -0.3 is 9.84 Å². The molecule has 0 radical (unpaired) electrons. The number of hydrogen-bond donors (Lipinski definition) is 1. The van der Waals surface area contributed by atoms with Gasteiger partial charge in [0.15, 0.2) is 0 Å². The minimum absolute atomic E-state index is 0.0417. The van der Waals surface area contributed by atoms with Gasteiger partial charge >= 0.3 is 5.97 Å². The molecular weight excluding hydrogens is 266 g/mol. The van der Waals surface area contributed by atoms with Crippen LogP contribution in [-0.4, -0.2) is 11.1 Å². The maximum absolute atomic E-state index is 10.8. The molecule has 19 heavy (non-hydrogen) atoms. The Morgan fingerprint density at radius 2 is 1.89 bits per heavy atom. The highest BCUT2D eigenvalue weighted by Gasteiger charge is 2.09. The van der Waals surface area contributed by atoms with E-state index in [1.54, 1.807) is 24.3 Å². The van der Waals surface area contributed by atoms with Gasteiger partial charge in [0.2, 0.25) is 0 Å². The van der Waals surface area contributed by atoms with Gasteiger partial charge in [-0.05, 0) is 42.5 Å². The summed E-state index contributed by atoms with van der Waals surface area (Å²) >= 11 is 5.76. The van der Waals surface area contributed by atoms with Crippen molar-refractivity contribution in [2.45, 2.75) is 0 Å². The van der Waals surface area contributed by atoms with Gasteiger partial charge in [0.1, 0.15) is 17.6 Å². The molecule has 2 aromatic carbocycles. The predicted molar refractivity (Wildman–Crippen MR) is 69.6 cm³/mol. The summed E-state index contributed by atoms with van der Waals surface area (Å²) in [4.78, 5) is 10.8. The quantitative estimate of drug-likeness (QED) is 0.925. The van der Waals surface area contributed by atoms with Crippen molar-refractivity contribution >= 4 is 17.6 Å². The summed E-state index contributed by atoms with van der Waals surface area (Å²) in [6, 6.07) is 12.7. The summed E-state index contributed by atoms with van der Waals surface area (Å²) in [5, 5.41) is 18.4. The lowest BCUT2D eigenvalue weighted by Crippen LogP contribution is -1.97. The minimum Gasteiger partial charge on any atom is -0.478 e. The lowest BCUT2D eigenvalue weighted by atomic mass is 10.1. The summed E-state index contributed by atoms with van der Waals surface area (Å²) in [5.74, 6) is -0.270. The SMILES string of the molecule is N#Cc1cc(C(=O)O)ccc1Oc1ccc(Cl)cc1. The minimum atomic E-state index is -1.09. The number of carboxylic acid groups (broad SMARTS) is 1. The molecule has 0 saturated carbocycles. The van der Waals surface area contributed by atoms with E-state index in [-0.39, 0.29) is 11.1 Å². The predicted octanol–water partition coefficient (Wildman–Crippen LogP) is 3.70. The standard InChI is InChI=1S/C14H8ClNO3/c15-11-2-4-12(5-3-11)19-13-6-1-9(14(17)18)7-10(13)8-16/h1-7H,(H,17,18). The van der Waals surface area contributed by atoms with Crippen molar-refractivity contribution in [3.63, 3.8) is 0 Å². The summed E-state index contributed by atoms with van der Waals surface area (Å²) < 4.78 is 5.52. The van der Waals surface area contributed by atoms with E-state index in [1.807, 2.05) is 6.07 Å². The average Bonchev–Trinajstić information content (AvgIpc) is 2.41. The topological polar surface area (TPSA) is 70.3 Å². The Morgan fingerprint density at radius 3 is 2.47 bits per heavy atom. The Labute approximate surface area is 114 Å². The zero-order valence-electron chi connectivity index (χ0n) is 9.63. The van der Waals surface area contributed by atoms with Gasteiger partial charge in [-0.15, -0.1) is 0 Å². The fourth-order valence-corrected chi connectivity index (χ4v) is 1.59. The lowest BCUT2D eigenvalue weighted by molar-refractivity contribution is 0.0697. The summed E-state index contributed by atoms with van der Waals surface area (Å²) in [6.45, 7) is 0. The molecule has 2 rings (SSSR count). The van der Waals surface area contributed by atoms with Crippen LogP contribution < -0.4 is 4.74 Å². The van der Waals surface area contributed by atoms with Gasteiger partial charge in [-0.3, -0.25) is 0 Å². The largest absolute Gasteiger partial charge is 0.478 e. The number of carboxylic acids is 1. The number of nitriles is 1. The zero-order chi connectivity index (χ0) is 13.8. The Bertz CT molecular complexity index is 659. The van der Waals surface area contributed by atoms with Gasteiger partial charge in [-0.2, -0.15) is 5.26 Å². The fourth-order valence-electron chi connectivity index (χ4n) is 1.47. The molecule has 0 fully saturated rings. The van der Waals surface area contributed by atoms with Crippen LogP contribution in [0.4, 0.5) is 0 Å². The first-order chi connectivity index (χ1) is 9.10. The second-order valence-corrected chi connectivity index (χ2v) is 4.12. The molecule has 0 aliphatic carbocycles. The molecule has 94 valence electrons. The summed E-state index contributed by atoms with van der Waals surface area (Å²) in [7, 11) is 0. The third kappa shape index (κ3) is 3.03. The summed E-state index contributed by atoms with van der Waals surface area (Å²) in [5.41, 5.74) is 0.204. The van der Waals surface area contributed by atoms with Crippen LogP contribution in [0.3, 0.4) is 0 Å². The van der Waals surface area contributed by atoms with Gasteiger partial charge in [0.25, 0.3) is 0 Å². The van der Waals surface area contributed by atoms with Gasteiger partial charge in [-0.25, -0.2) is 4.79 Å². The molecule has 4 nitrogen and oxygen atoms in total. The van der Waals surface area contributed by atoms with Crippen molar-refractivity contribution in [2.75, 3.05) is 0 Å². The highest BCUT2D eigenvalue weighted by Crippen LogP contribution is 2.26. The molecule has 0 heterocycles. The molecule has 0 aliphatic rings. The number of rotatable bonds is 3. The number of aromatic carboxylic acids is 1. The van der Waals surface area contributed by atoms with Crippen LogP contribution in [0, 0.1) is 11.3 Å². The van der Waals surface area contributed by atoms with Gasteiger partial charge in [0, 0.05) is 5.02 Å². The van der Waals surface area contributed by atoms with E-state index >= 15 is 0 Å². The number of hydrogen-bond acceptors (Lipinski definition) is 3. The fraction of sp³-hybridized carbons (Fsp3) is 0. The molecule has 0 aliphatic heterocycles. The Kier molecular flexibility index (Phi) is 3.69. The van der Waals surface area contributed by atoms with E-state index in [0.717, 1.165) is 0 Å². The lowest BCUT2D eigenvalue weighted by Gasteiger charge is -2.07. The van der Waals surface area contributed by atoms with Gasteiger partial charge in [-0.1, -0.05) is 11.6 Å². The first-order valence-corrected chi connectivity index (χ1v) is 5.69. The molecule has 0 aromatic heterocycles. The maximum atomic E-state index is 10.8. The van der Waals surface area contributed by atoms with E-state index in [4.69, 9.17) is 26.7 Å². The van der Waals surface area contributed by atoms with Crippen molar-refractivity contribution in [1.29, 1.82) is 5.26 Å². The Morgan fingerprint density at radius 1 is 1.21 bits per heavy atom. The van der Waals surface area contributed by atoms with Crippen LogP contribution in [0.2, 0.25) is 5.02 Å². The second-order valence-electron chi connectivity index (χ2n) is 3.68. The van der Waals surface area contributed by atoms with Crippen molar-refractivity contribution in [3.05, 3.63) is 58.6 Å². The molecule has 2 aromatic rings. The number of halogens is 1. The van der Waals surface area contributed by atoms with Crippen molar-refractivity contribution in [2.24, 2.45) is 0 Å². The molecule has 0 saturated heterocycles.